The normalized spacial score (nSPS) is 22.9. The summed E-state index contributed by atoms with van der Waals surface area (Å²) >= 11 is 0. The highest BCUT2D eigenvalue weighted by Crippen LogP contribution is 2.31. The summed E-state index contributed by atoms with van der Waals surface area (Å²) < 4.78 is 16.8. The second kappa shape index (κ2) is 9.14. The number of piperazine rings is 1. The maximum absolute atomic E-state index is 11.8. The number of methoxy groups -OCH3 is 1. The van der Waals surface area contributed by atoms with Crippen molar-refractivity contribution in [2.24, 2.45) is 0 Å². The van der Waals surface area contributed by atoms with E-state index in [1.54, 1.807) is 7.11 Å². The highest BCUT2D eigenvalue weighted by molar-refractivity contribution is 5.93. The first-order valence-electron chi connectivity index (χ1n) is 11.5. The van der Waals surface area contributed by atoms with Gasteiger partial charge < -0.3 is 19.1 Å². The molecule has 5 rings (SSSR count). The van der Waals surface area contributed by atoms with Crippen LogP contribution in [-0.4, -0.2) is 68.3 Å². The molecule has 2 aromatic rings. The second-order valence-electron chi connectivity index (χ2n) is 9.04. The Morgan fingerprint density at radius 3 is 2.91 bits per heavy atom. The van der Waals surface area contributed by atoms with Crippen molar-refractivity contribution in [2.75, 3.05) is 46.4 Å². The minimum Gasteiger partial charge on any atom is -0.495 e. The summed E-state index contributed by atoms with van der Waals surface area (Å²) in [5.41, 5.74) is 5.86. The fourth-order valence-corrected chi connectivity index (χ4v) is 5.20. The Labute approximate surface area is 194 Å². The van der Waals surface area contributed by atoms with E-state index in [0.717, 1.165) is 55.8 Å². The van der Waals surface area contributed by atoms with Crippen LogP contribution in [0, 0.1) is 18.3 Å². The maximum Gasteiger partial charge on any atom is 0.338 e. The van der Waals surface area contributed by atoms with Crippen molar-refractivity contribution >= 4 is 5.97 Å². The van der Waals surface area contributed by atoms with Gasteiger partial charge in [-0.05, 0) is 48.2 Å². The van der Waals surface area contributed by atoms with Gasteiger partial charge >= 0.3 is 5.97 Å². The van der Waals surface area contributed by atoms with Gasteiger partial charge in [0.25, 0.3) is 0 Å². The Balaban J connectivity index is 1.18. The summed E-state index contributed by atoms with van der Waals surface area (Å²) in [6.45, 7) is 8.09. The zero-order valence-corrected chi connectivity index (χ0v) is 19.2. The number of benzene rings is 2. The van der Waals surface area contributed by atoms with E-state index in [1.165, 1.54) is 11.1 Å². The van der Waals surface area contributed by atoms with Gasteiger partial charge in [-0.2, -0.15) is 5.26 Å². The predicted octanol–water partition coefficient (Wildman–Crippen LogP) is 2.85. The second-order valence-corrected chi connectivity index (χ2v) is 9.04. The molecule has 7 nitrogen and oxygen atoms in total. The predicted molar refractivity (Wildman–Crippen MR) is 122 cm³/mol. The summed E-state index contributed by atoms with van der Waals surface area (Å²) in [4.78, 5) is 16.8. The number of ether oxygens (including phenoxy) is 3. The molecule has 0 radical (unpaired) electrons. The number of nitrogens with zero attached hydrogens (tertiary/aromatic N) is 3. The SMILES string of the molecule is COc1cc([C@H]2CN3CCN(CCc4ccc5c(c4C)COC5=O)C[C@H]3CO2)ccc1C#N. The lowest BCUT2D eigenvalue weighted by molar-refractivity contribution is -0.0901. The molecule has 0 saturated carbocycles. The van der Waals surface area contributed by atoms with E-state index in [9.17, 15) is 10.1 Å². The van der Waals surface area contributed by atoms with Crippen LogP contribution in [0.25, 0.3) is 0 Å². The molecule has 172 valence electrons. The Morgan fingerprint density at radius 2 is 2.09 bits per heavy atom. The monoisotopic (exact) mass is 447 g/mol. The molecule has 0 N–H and O–H groups in total. The zero-order valence-electron chi connectivity index (χ0n) is 19.2. The van der Waals surface area contributed by atoms with Crippen molar-refractivity contribution in [3.63, 3.8) is 0 Å². The van der Waals surface area contributed by atoms with E-state index in [1.807, 2.05) is 24.3 Å². The van der Waals surface area contributed by atoms with Gasteiger partial charge in [0.1, 0.15) is 18.4 Å². The first-order valence-corrected chi connectivity index (χ1v) is 11.5. The smallest absolute Gasteiger partial charge is 0.338 e. The molecule has 0 unspecified atom stereocenters. The molecule has 3 aliphatic rings. The van der Waals surface area contributed by atoms with Crippen LogP contribution in [-0.2, 0) is 22.5 Å². The van der Waals surface area contributed by atoms with Gasteiger partial charge in [0.05, 0.1) is 30.9 Å². The maximum atomic E-state index is 11.8. The fourth-order valence-electron chi connectivity index (χ4n) is 5.20. The van der Waals surface area contributed by atoms with Crippen LogP contribution in [0.15, 0.2) is 30.3 Å². The number of morpholine rings is 1. The molecular formula is C26H29N3O4. The number of fused-ring (bicyclic) bond motifs is 2. The average Bonchev–Trinajstić information content (AvgIpc) is 3.24. The largest absolute Gasteiger partial charge is 0.495 e. The molecule has 7 heteroatoms. The van der Waals surface area contributed by atoms with E-state index in [-0.39, 0.29) is 12.1 Å². The number of hydrogen-bond acceptors (Lipinski definition) is 7. The van der Waals surface area contributed by atoms with E-state index >= 15 is 0 Å². The Kier molecular flexibility index (Phi) is 6.07. The molecule has 33 heavy (non-hydrogen) atoms. The number of nitriles is 1. The van der Waals surface area contributed by atoms with Crippen LogP contribution < -0.4 is 4.74 Å². The lowest BCUT2D eigenvalue weighted by atomic mass is 9.96. The molecule has 2 atom stereocenters. The summed E-state index contributed by atoms with van der Waals surface area (Å²) in [5, 5.41) is 9.22. The first-order chi connectivity index (χ1) is 16.1. The van der Waals surface area contributed by atoms with Crippen LogP contribution in [0.4, 0.5) is 0 Å². The fraction of sp³-hybridized carbons (Fsp3) is 0.462. The van der Waals surface area contributed by atoms with Gasteiger partial charge in [0, 0.05) is 44.3 Å². The van der Waals surface area contributed by atoms with Crippen LogP contribution in [0.1, 0.15) is 44.3 Å². The number of carbonyl (C=O) groups excluding carboxylic acids is 1. The molecule has 2 fully saturated rings. The van der Waals surface area contributed by atoms with Crippen molar-refractivity contribution in [3.8, 4) is 11.8 Å². The zero-order chi connectivity index (χ0) is 22.9. The van der Waals surface area contributed by atoms with E-state index in [4.69, 9.17) is 14.2 Å². The quantitative estimate of drug-likeness (QED) is 0.653. The molecule has 0 spiro atoms. The van der Waals surface area contributed by atoms with Crippen molar-refractivity contribution in [3.05, 3.63) is 63.7 Å². The molecule has 0 aliphatic carbocycles. The number of carbonyl (C=O) groups is 1. The van der Waals surface area contributed by atoms with Crippen molar-refractivity contribution in [1.29, 1.82) is 5.26 Å². The molecule has 3 heterocycles. The average molecular weight is 448 g/mol. The molecular weight excluding hydrogens is 418 g/mol. The third kappa shape index (κ3) is 4.22. The van der Waals surface area contributed by atoms with Gasteiger partial charge in [-0.3, -0.25) is 4.90 Å². The number of esters is 1. The molecule has 0 aromatic heterocycles. The summed E-state index contributed by atoms with van der Waals surface area (Å²) in [6.07, 6.45) is 0.961. The first kappa shape index (κ1) is 21.9. The Hall–Kier alpha value is -2.92. The minimum atomic E-state index is -0.203. The topological polar surface area (TPSA) is 75.0 Å². The van der Waals surface area contributed by atoms with Crippen LogP contribution >= 0.6 is 0 Å². The van der Waals surface area contributed by atoms with Crippen molar-refractivity contribution in [2.45, 2.75) is 32.1 Å². The third-order valence-electron chi connectivity index (χ3n) is 7.27. The number of rotatable bonds is 5. The number of hydrogen-bond donors (Lipinski definition) is 0. The summed E-state index contributed by atoms with van der Waals surface area (Å²) in [7, 11) is 1.59. The highest BCUT2D eigenvalue weighted by Gasteiger charge is 2.34. The van der Waals surface area contributed by atoms with Gasteiger partial charge in [0.2, 0.25) is 0 Å². The van der Waals surface area contributed by atoms with Gasteiger partial charge in [-0.15, -0.1) is 0 Å². The van der Waals surface area contributed by atoms with Crippen molar-refractivity contribution in [1.82, 2.24) is 9.80 Å². The summed E-state index contributed by atoms with van der Waals surface area (Å²) in [6, 6.07) is 12.3. The molecule has 0 amide bonds. The number of cyclic esters (lactones) is 1. The van der Waals surface area contributed by atoms with E-state index < -0.39 is 0 Å². The van der Waals surface area contributed by atoms with Gasteiger partial charge in [-0.25, -0.2) is 4.79 Å². The molecule has 0 bridgehead atoms. The van der Waals surface area contributed by atoms with Crippen molar-refractivity contribution < 1.29 is 19.0 Å². The standard InChI is InChI=1S/C26H29N3O4/c1-17-18(5-6-22-23(17)16-33-26(22)30)7-8-28-9-10-29-14-25(32-15-21(29)13-28)19-3-4-20(12-27)24(11-19)31-2/h3-6,11,21,25H,7-10,13-16H2,1-2H3/t21-,25+/m0/s1. The minimum absolute atomic E-state index is 0.00608. The third-order valence-corrected chi connectivity index (χ3v) is 7.27. The van der Waals surface area contributed by atoms with Crippen LogP contribution in [0.2, 0.25) is 0 Å². The molecule has 3 aliphatic heterocycles. The van der Waals surface area contributed by atoms with E-state index in [2.05, 4.69) is 28.9 Å². The van der Waals surface area contributed by atoms with Gasteiger partial charge in [-0.1, -0.05) is 12.1 Å². The van der Waals surface area contributed by atoms with Gasteiger partial charge in [0.15, 0.2) is 0 Å². The highest BCUT2D eigenvalue weighted by atomic mass is 16.5. The molecule has 2 saturated heterocycles. The lowest BCUT2D eigenvalue weighted by Gasteiger charge is -2.46. The molecule has 2 aromatic carbocycles. The summed E-state index contributed by atoms with van der Waals surface area (Å²) in [5.74, 6) is 0.397. The Morgan fingerprint density at radius 1 is 1.21 bits per heavy atom. The van der Waals surface area contributed by atoms with Crippen LogP contribution in [0.3, 0.4) is 0 Å². The Bertz CT molecular complexity index is 1110. The lowest BCUT2D eigenvalue weighted by Crippen LogP contribution is -2.58. The van der Waals surface area contributed by atoms with E-state index in [0.29, 0.717) is 30.6 Å². The van der Waals surface area contributed by atoms with Crippen LogP contribution in [0.5, 0.6) is 5.75 Å².